The van der Waals surface area contributed by atoms with Gasteiger partial charge in [0.2, 0.25) is 0 Å². The van der Waals surface area contributed by atoms with E-state index in [4.69, 9.17) is 9.47 Å². The van der Waals surface area contributed by atoms with Gasteiger partial charge in [0, 0.05) is 11.8 Å². The number of hydrogen-bond acceptors (Lipinski definition) is 7. The molecule has 1 amide bonds. The Morgan fingerprint density at radius 3 is 2.61 bits per heavy atom. The van der Waals surface area contributed by atoms with Crippen LogP contribution in [0.2, 0.25) is 0 Å². The summed E-state index contributed by atoms with van der Waals surface area (Å²) in [6.45, 7) is 1.77. The zero-order valence-corrected chi connectivity index (χ0v) is 16.8. The summed E-state index contributed by atoms with van der Waals surface area (Å²) in [7, 11) is 1.53. The molecule has 3 aromatic rings. The predicted molar refractivity (Wildman–Crippen MR) is 110 cm³/mol. The minimum Gasteiger partial charge on any atom is -0.497 e. The number of anilines is 1. The van der Waals surface area contributed by atoms with Crippen LogP contribution in [-0.4, -0.2) is 40.1 Å². The Labute approximate surface area is 176 Å². The molecule has 0 saturated heterocycles. The second-order valence-corrected chi connectivity index (χ2v) is 6.65. The second-order valence-electron chi connectivity index (χ2n) is 6.65. The van der Waals surface area contributed by atoms with Crippen LogP contribution in [-0.2, 0) is 11.3 Å². The number of hydrogen-bond donors (Lipinski definition) is 0. The third-order valence-corrected chi connectivity index (χ3v) is 4.96. The summed E-state index contributed by atoms with van der Waals surface area (Å²) in [4.78, 5) is 42.7. The number of rotatable bonds is 5. The van der Waals surface area contributed by atoms with Crippen molar-refractivity contribution < 1.29 is 24.0 Å². The first-order valence-electron chi connectivity index (χ1n) is 9.43. The van der Waals surface area contributed by atoms with E-state index < -0.39 is 16.8 Å². The van der Waals surface area contributed by atoms with Crippen LogP contribution in [0.5, 0.6) is 5.75 Å². The van der Waals surface area contributed by atoms with Gasteiger partial charge in [-0.15, -0.1) is 0 Å². The Bertz CT molecular complexity index is 1190. The fraction of sp³-hybridized carbons (Fsp3) is 0.190. The Morgan fingerprint density at radius 2 is 1.97 bits per heavy atom. The topological polar surface area (TPSA) is 117 Å². The van der Waals surface area contributed by atoms with Crippen LogP contribution in [0.1, 0.15) is 33.5 Å². The van der Waals surface area contributed by atoms with Gasteiger partial charge in [-0.3, -0.25) is 19.5 Å². The summed E-state index contributed by atoms with van der Waals surface area (Å²) in [6.07, 6.45) is 1.30. The van der Waals surface area contributed by atoms with E-state index in [9.17, 15) is 19.7 Å². The lowest BCUT2D eigenvalue weighted by molar-refractivity contribution is -0.384. The predicted octanol–water partition coefficient (Wildman–Crippen LogP) is 3.13. The molecule has 0 spiro atoms. The first kappa shape index (κ1) is 20.1. The van der Waals surface area contributed by atoms with Crippen LogP contribution in [0.25, 0.3) is 5.69 Å². The molecule has 1 aromatic heterocycles. The molecule has 0 saturated carbocycles. The molecule has 10 heteroatoms. The molecule has 0 atom stereocenters. The number of aromatic nitrogens is 2. The third-order valence-electron chi connectivity index (χ3n) is 4.96. The first-order chi connectivity index (χ1) is 15.0. The highest BCUT2D eigenvalue weighted by atomic mass is 16.6. The van der Waals surface area contributed by atoms with E-state index in [1.165, 1.54) is 41.1 Å². The number of ether oxygens (including phenoxy) is 2. The number of imidazole rings is 1. The summed E-state index contributed by atoms with van der Waals surface area (Å²) in [6, 6.07) is 11.1. The zero-order valence-electron chi connectivity index (χ0n) is 16.8. The summed E-state index contributed by atoms with van der Waals surface area (Å²) < 4.78 is 11.7. The molecule has 0 unspecified atom stereocenters. The van der Waals surface area contributed by atoms with Gasteiger partial charge in [-0.2, -0.15) is 0 Å². The van der Waals surface area contributed by atoms with Crippen molar-refractivity contribution in [2.45, 2.75) is 13.5 Å². The van der Waals surface area contributed by atoms with Crippen molar-refractivity contribution in [1.29, 1.82) is 0 Å². The number of nitrogens with zero attached hydrogens (tertiary/aromatic N) is 4. The van der Waals surface area contributed by atoms with Crippen LogP contribution in [0.15, 0.2) is 48.8 Å². The molecule has 0 bridgehead atoms. The number of carbonyl (C=O) groups excluding carboxylic acids is 2. The minimum absolute atomic E-state index is 0.000775. The maximum atomic E-state index is 13.5. The molecule has 2 aromatic carbocycles. The lowest BCUT2D eigenvalue weighted by atomic mass is 10.1. The standard InChI is InChI=1S/C21H18N4O6/c1-3-31-21(27)18-17-11-23(13-7-9-14(30-2)10-8-13)20(26)15-5-4-6-16(25(28)29)19(15)24(17)12-22-18/h4-10,12H,3,11H2,1-2H3. The molecule has 0 N–H and O–H groups in total. The number of benzene rings is 2. The highest BCUT2D eigenvalue weighted by Crippen LogP contribution is 2.35. The number of esters is 1. The monoisotopic (exact) mass is 422 g/mol. The number of nitro groups is 1. The zero-order chi connectivity index (χ0) is 22.1. The van der Waals surface area contributed by atoms with Crippen molar-refractivity contribution in [1.82, 2.24) is 9.55 Å². The SMILES string of the molecule is CCOC(=O)c1ncn2c1CN(c1ccc(OC)cc1)C(=O)c1cccc([N+](=O)[O-])c1-2. The van der Waals surface area contributed by atoms with Gasteiger partial charge < -0.3 is 14.4 Å². The number of amides is 1. The number of para-hydroxylation sites is 1. The maximum absolute atomic E-state index is 13.5. The average Bonchev–Trinajstić information content (AvgIpc) is 3.15. The Morgan fingerprint density at radius 1 is 1.23 bits per heavy atom. The van der Waals surface area contributed by atoms with Gasteiger partial charge >= 0.3 is 5.97 Å². The van der Waals surface area contributed by atoms with Crippen molar-refractivity contribution in [3.05, 3.63) is 75.9 Å². The Balaban J connectivity index is 1.95. The quantitative estimate of drug-likeness (QED) is 0.352. The summed E-state index contributed by atoms with van der Waals surface area (Å²) >= 11 is 0. The largest absolute Gasteiger partial charge is 0.497 e. The van der Waals surface area contributed by atoms with E-state index in [1.807, 2.05) is 0 Å². The van der Waals surface area contributed by atoms with Crippen molar-refractivity contribution in [2.75, 3.05) is 18.6 Å². The van der Waals surface area contributed by atoms with E-state index >= 15 is 0 Å². The van der Waals surface area contributed by atoms with Gasteiger partial charge in [-0.1, -0.05) is 6.07 Å². The van der Waals surface area contributed by atoms with Gasteiger partial charge in [0.1, 0.15) is 17.8 Å². The molecule has 1 aliphatic rings. The molecule has 31 heavy (non-hydrogen) atoms. The van der Waals surface area contributed by atoms with Gasteiger partial charge in [-0.05, 0) is 37.3 Å². The van der Waals surface area contributed by atoms with Gasteiger partial charge in [0.25, 0.3) is 11.6 Å². The number of carbonyl (C=O) groups is 2. The van der Waals surface area contributed by atoms with E-state index in [0.717, 1.165) is 0 Å². The number of fused-ring (bicyclic) bond motifs is 3. The highest BCUT2D eigenvalue weighted by molar-refractivity contribution is 6.10. The normalized spacial score (nSPS) is 12.6. The number of methoxy groups -OCH3 is 1. The molecule has 1 aliphatic heterocycles. The molecule has 10 nitrogen and oxygen atoms in total. The van der Waals surface area contributed by atoms with Gasteiger partial charge in [0.15, 0.2) is 5.69 Å². The molecule has 0 radical (unpaired) electrons. The summed E-state index contributed by atoms with van der Waals surface area (Å²) in [5.74, 6) is -0.498. The highest BCUT2D eigenvalue weighted by Gasteiger charge is 2.35. The molecular weight excluding hydrogens is 404 g/mol. The van der Waals surface area contributed by atoms with Crippen LogP contribution in [0.3, 0.4) is 0 Å². The first-order valence-corrected chi connectivity index (χ1v) is 9.43. The molecule has 0 aliphatic carbocycles. The minimum atomic E-state index is -0.666. The van der Waals surface area contributed by atoms with Crippen molar-refractivity contribution in [2.24, 2.45) is 0 Å². The molecule has 2 heterocycles. The Kier molecular flexibility index (Phi) is 5.12. The van der Waals surface area contributed by atoms with Crippen LogP contribution in [0.4, 0.5) is 11.4 Å². The van der Waals surface area contributed by atoms with E-state index in [-0.39, 0.29) is 35.8 Å². The molecule has 4 rings (SSSR count). The lowest BCUT2D eigenvalue weighted by Gasteiger charge is -2.21. The van der Waals surface area contributed by atoms with E-state index in [1.54, 1.807) is 31.2 Å². The fourth-order valence-corrected chi connectivity index (χ4v) is 3.53. The van der Waals surface area contributed by atoms with Crippen molar-refractivity contribution in [3.63, 3.8) is 0 Å². The summed E-state index contributed by atoms with van der Waals surface area (Å²) in [5, 5.41) is 11.7. The fourth-order valence-electron chi connectivity index (χ4n) is 3.53. The Hall–Kier alpha value is -4.21. The summed E-state index contributed by atoms with van der Waals surface area (Å²) in [5.41, 5.74) is 0.766. The second kappa shape index (κ2) is 7.90. The molecule has 158 valence electrons. The van der Waals surface area contributed by atoms with E-state index in [0.29, 0.717) is 17.1 Å². The third kappa shape index (κ3) is 3.37. The molecule has 0 fully saturated rings. The van der Waals surface area contributed by atoms with Crippen molar-refractivity contribution >= 4 is 23.3 Å². The van der Waals surface area contributed by atoms with Crippen LogP contribution < -0.4 is 9.64 Å². The molecular formula is C21H18N4O6. The average molecular weight is 422 g/mol. The van der Waals surface area contributed by atoms with Crippen LogP contribution >= 0.6 is 0 Å². The van der Waals surface area contributed by atoms with Gasteiger partial charge in [0.05, 0.1) is 36.4 Å². The number of nitro benzene ring substituents is 1. The van der Waals surface area contributed by atoms with E-state index in [2.05, 4.69) is 4.98 Å². The lowest BCUT2D eigenvalue weighted by Crippen LogP contribution is -2.30. The van der Waals surface area contributed by atoms with Crippen molar-refractivity contribution in [3.8, 4) is 11.4 Å². The smallest absolute Gasteiger partial charge is 0.358 e. The van der Waals surface area contributed by atoms with Gasteiger partial charge in [-0.25, -0.2) is 9.78 Å². The van der Waals surface area contributed by atoms with Crippen LogP contribution in [0, 0.1) is 10.1 Å². The maximum Gasteiger partial charge on any atom is 0.358 e.